The number of hydrogen-bond acceptors (Lipinski definition) is 3. The van der Waals surface area contributed by atoms with Gasteiger partial charge in [-0.1, -0.05) is 12.8 Å². The molecule has 1 saturated carbocycles. The van der Waals surface area contributed by atoms with Crippen LogP contribution in [0.15, 0.2) is 4.99 Å². The predicted molar refractivity (Wildman–Crippen MR) is 99.6 cm³/mol. The van der Waals surface area contributed by atoms with E-state index >= 15 is 0 Å². The summed E-state index contributed by atoms with van der Waals surface area (Å²) in [6.07, 6.45) is 1.16. The molecule has 2 fully saturated rings. The first-order chi connectivity index (χ1) is 12.8. The molecule has 2 N–H and O–H groups in total. The summed E-state index contributed by atoms with van der Waals surface area (Å²) < 4.78 is 38.5. The topological polar surface area (TPSA) is 60.0 Å². The van der Waals surface area contributed by atoms with Gasteiger partial charge in [0, 0.05) is 52.7 Å². The quantitative estimate of drug-likeness (QED) is 0.412. The average Bonchev–Trinajstić information content (AvgIpc) is 3.13. The fourth-order valence-corrected chi connectivity index (χ4v) is 3.79. The van der Waals surface area contributed by atoms with Crippen molar-refractivity contribution in [3.63, 3.8) is 0 Å². The summed E-state index contributed by atoms with van der Waals surface area (Å²) in [5.74, 6) is 1.29. The van der Waals surface area contributed by atoms with E-state index in [-0.39, 0.29) is 5.91 Å². The smallest absolute Gasteiger partial charge is 0.354 e. The molecule has 2 rings (SSSR count). The number of alkyl halides is 3. The van der Waals surface area contributed by atoms with Gasteiger partial charge in [0.05, 0.1) is 0 Å². The maximum absolute atomic E-state index is 12.8. The molecule has 0 aromatic heterocycles. The van der Waals surface area contributed by atoms with Crippen molar-refractivity contribution in [1.29, 1.82) is 0 Å². The maximum Gasteiger partial charge on any atom is 0.403 e. The van der Waals surface area contributed by atoms with Crippen LogP contribution in [-0.4, -0.2) is 80.2 Å². The van der Waals surface area contributed by atoms with E-state index in [1.165, 1.54) is 24.7 Å². The Hall–Kier alpha value is -1.51. The monoisotopic (exact) mass is 391 g/mol. The van der Waals surface area contributed by atoms with E-state index in [1.807, 2.05) is 4.90 Å². The minimum absolute atomic E-state index is 0.0911. The van der Waals surface area contributed by atoms with Crippen molar-refractivity contribution in [2.24, 2.45) is 10.9 Å². The van der Waals surface area contributed by atoms with Gasteiger partial charge in [-0.2, -0.15) is 13.2 Å². The highest BCUT2D eigenvalue weighted by molar-refractivity contribution is 5.80. The number of rotatable bonds is 6. The Kier molecular flexibility index (Phi) is 8.19. The molecule has 0 aromatic carbocycles. The zero-order valence-electron chi connectivity index (χ0n) is 16.3. The average molecular weight is 391 g/mol. The summed E-state index contributed by atoms with van der Waals surface area (Å²) in [4.78, 5) is 19.5. The minimum atomic E-state index is -4.20. The van der Waals surface area contributed by atoms with Gasteiger partial charge in [0.15, 0.2) is 5.96 Å². The lowest BCUT2D eigenvalue weighted by Crippen LogP contribution is -2.57. The molecule has 156 valence electrons. The van der Waals surface area contributed by atoms with Gasteiger partial charge >= 0.3 is 6.18 Å². The Morgan fingerprint density at radius 2 is 1.70 bits per heavy atom. The molecule has 1 amide bonds. The third kappa shape index (κ3) is 6.86. The Labute approximate surface area is 159 Å². The normalized spacial score (nSPS) is 21.4. The van der Waals surface area contributed by atoms with Gasteiger partial charge in [0.1, 0.15) is 6.04 Å². The number of piperazine rings is 1. The number of hydrogen-bond donors (Lipinski definition) is 2. The molecule has 27 heavy (non-hydrogen) atoms. The van der Waals surface area contributed by atoms with Crippen LogP contribution in [0.4, 0.5) is 13.2 Å². The SMILES string of the molecule is CN=C(NCCNC(=O)CC1CCCC1)N1CCN(C(C)C(F)(F)F)CC1. The third-order valence-electron chi connectivity index (χ3n) is 5.53. The first-order valence-corrected chi connectivity index (χ1v) is 9.84. The van der Waals surface area contributed by atoms with Crippen molar-refractivity contribution < 1.29 is 18.0 Å². The van der Waals surface area contributed by atoms with Gasteiger partial charge in [-0.15, -0.1) is 0 Å². The first-order valence-electron chi connectivity index (χ1n) is 9.84. The molecule has 0 bridgehead atoms. The van der Waals surface area contributed by atoms with E-state index in [2.05, 4.69) is 15.6 Å². The fourth-order valence-electron chi connectivity index (χ4n) is 3.79. The Bertz CT molecular complexity index is 498. The molecule has 1 aliphatic carbocycles. The number of guanidine groups is 1. The van der Waals surface area contributed by atoms with Crippen molar-refractivity contribution >= 4 is 11.9 Å². The number of aliphatic imine (C=N–C) groups is 1. The molecule has 2 aliphatic rings. The highest BCUT2D eigenvalue weighted by Gasteiger charge is 2.41. The largest absolute Gasteiger partial charge is 0.403 e. The van der Waals surface area contributed by atoms with E-state index in [1.54, 1.807) is 7.05 Å². The zero-order chi connectivity index (χ0) is 19.9. The molecule has 1 aliphatic heterocycles. The molecule has 1 atom stereocenters. The predicted octanol–water partition coefficient (Wildman–Crippen LogP) is 1.83. The summed E-state index contributed by atoms with van der Waals surface area (Å²) in [7, 11) is 1.66. The zero-order valence-corrected chi connectivity index (χ0v) is 16.3. The summed E-state index contributed by atoms with van der Waals surface area (Å²) in [6, 6.07) is -1.43. The number of nitrogens with one attached hydrogen (secondary N) is 2. The molecule has 6 nitrogen and oxygen atoms in total. The van der Waals surface area contributed by atoms with Gasteiger partial charge in [-0.3, -0.25) is 14.7 Å². The van der Waals surface area contributed by atoms with Crippen LogP contribution in [0.5, 0.6) is 0 Å². The molecule has 1 saturated heterocycles. The summed E-state index contributed by atoms with van der Waals surface area (Å²) in [5.41, 5.74) is 0. The lowest BCUT2D eigenvalue weighted by molar-refractivity contribution is -0.181. The summed E-state index contributed by atoms with van der Waals surface area (Å²) in [6.45, 7) is 3.94. The second-order valence-electron chi connectivity index (χ2n) is 7.42. The molecule has 0 aromatic rings. The van der Waals surface area contributed by atoms with Crippen molar-refractivity contribution in [2.45, 2.75) is 51.2 Å². The molecule has 0 radical (unpaired) electrons. The highest BCUT2D eigenvalue weighted by atomic mass is 19.4. The van der Waals surface area contributed by atoms with Crippen molar-refractivity contribution in [3.05, 3.63) is 0 Å². The van der Waals surface area contributed by atoms with E-state index in [4.69, 9.17) is 0 Å². The Morgan fingerprint density at radius 3 is 2.26 bits per heavy atom. The second-order valence-corrected chi connectivity index (χ2v) is 7.42. The van der Waals surface area contributed by atoms with Crippen molar-refractivity contribution in [2.75, 3.05) is 46.3 Å². The fraction of sp³-hybridized carbons (Fsp3) is 0.889. The molecular formula is C18H32F3N5O. The summed E-state index contributed by atoms with van der Waals surface area (Å²) in [5, 5.41) is 6.11. The number of carbonyl (C=O) groups excluding carboxylic acids is 1. The van der Waals surface area contributed by atoms with Gasteiger partial charge in [0.25, 0.3) is 0 Å². The first kappa shape index (κ1) is 21.8. The van der Waals surface area contributed by atoms with E-state index in [0.717, 1.165) is 12.8 Å². The third-order valence-corrected chi connectivity index (χ3v) is 5.53. The lowest BCUT2D eigenvalue weighted by atomic mass is 10.0. The van der Waals surface area contributed by atoms with E-state index in [0.29, 0.717) is 57.6 Å². The Morgan fingerprint density at radius 1 is 1.11 bits per heavy atom. The van der Waals surface area contributed by atoms with Crippen LogP contribution in [0.3, 0.4) is 0 Å². The van der Waals surface area contributed by atoms with E-state index < -0.39 is 12.2 Å². The number of nitrogens with zero attached hydrogens (tertiary/aromatic N) is 3. The number of carbonyl (C=O) groups is 1. The molecule has 9 heteroatoms. The van der Waals surface area contributed by atoms with Crippen LogP contribution < -0.4 is 10.6 Å². The van der Waals surface area contributed by atoms with Gasteiger partial charge in [-0.05, 0) is 25.7 Å². The van der Waals surface area contributed by atoms with Crippen LogP contribution in [0.1, 0.15) is 39.0 Å². The van der Waals surface area contributed by atoms with Crippen molar-refractivity contribution in [1.82, 2.24) is 20.4 Å². The maximum atomic E-state index is 12.8. The van der Waals surface area contributed by atoms with Gasteiger partial charge < -0.3 is 15.5 Å². The second kappa shape index (κ2) is 10.1. The molecule has 1 unspecified atom stereocenters. The van der Waals surface area contributed by atoms with Crippen LogP contribution in [-0.2, 0) is 4.79 Å². The van der Waals surface area contributed by atoms with Gasteiger partial charge in [0.2, 0.25) is 5.91 Å². The van der Waals surface area contributed by atoms with Crippen LogP contribution in [0.25, 0.3) is 0 Å². The van der Waals surface area contributed by atoms with E-state index in [9.17, 15) is 18.0 Å². The standard InChI is InChI=1S/C18H32F3N5O/c1-14(18(19,20)21)25-9-11-26(12-10-25)17(22-2)24-8-7-23-16(27)13-15-5-3-4-6-15/h14-15H,3-13H2,1-2H3,(H,22,24)(H,23,27). The van der Waals surface area contributed by atoms with Crippen LogP contribution in [0.2, 0.25) is 0 Å². The van der Waals surface area contributed by atoms with Gasteiger partial charge in [-0.25, -0.2) is 0 Å². The Balaban J connectivity index is 1.65. The number of amides is 1. The molecular weight excluding hydrogens is 359 g/mol. The highest BCUT2D eigenvalue weighted by Crippen LogP contribution is 2.27. The molecule has 1 heterocycles. The van der Waals surface area contributed by atoms with Crippen LogP contribution >= 0.6 is 0 Å². The van der Waals surface area contributed by atoms with Crippen LogP contribution in [0, 0.1) is 5.92 Å². The number of halogens is 3. The minimum Gasteiger partial charge on any atom is -0.354 e. The lowest BCUT2D eigenvalue weighted by Gasteiger charge is -2.39. The van der Waals surface area contributed by atoms with Crippen molar-refractivity contribution in [3.8, 4) is 0 Å². The summed E-state index contributed by atoms with van der Waals surface area (Å²) >= 11 is 0. The molecule has 0 spiro atoms.